The van der Waals surface area contributed by atoms with E-state index in [-0.39, 0.29) is 0 Å². The monoisotopic (exact) mass is 520 g/mol. The van der Waals surface area contributed by atoms with E-state index in [0.29, 0.717) is 0 Å². The molecule has 1 aromatic rings. The fourth-order valence-electron chi connectivity index (χ4n) is 4.86. The van der Waals surface area contributed by atoms with Crippen LogP contribution in [0, 0.1) is 0 Å². The number of thioether (sulfide) groups is 2. The molecule has 0 spiro atoms. The fraction of sp³-hybridized carbons (Fsp3) is 0.818. The zero-order valence-corrected chi connectivity index (χ0v) is 25.7. The zero-order valence-electron chi connectivity index (χ0n) is 24.0. The molecule has 0 atom stereocenters. The summed E-state index contributed by atoms with van der Waals surface area (Å²) in [6.45, 7) is 6.94. The molecule has 0 aliphatic carbocycles. The molecule has 1 rings (SSSR count). The Kier molecular flexibility index (Phi) is 24.1. The minimum absolute atomic E-state index is 1.24. The molecule has 0 saturated heterocycles. The van der Waals surface area contributed by atoms with Crippen LogP contribution < -0.4 is 0 Å². The predicted octanol–water partition coefficient (Wildman–Crippen LogP) is 12.7. The second-order valence-corrected chi connectivity index (χ2v) is 12.8. The van der Waals surface area contributed by atoms with Crippen LogP contribution in [-0.2, 0) is 6.42 Å². The molecule has 0 nitrogen and oxygen atoms in total. The van der Waals surface area contributed by atoms with Crippen molar-refractivity contribution in [1.29, 1.82) is 0 Å². The van der Waals surface area contributed by atoms with E-state index in [4.69, 9.17) is 0 Å². The van der Waals surface area contributed by atoms with E-state index in [1.165, 1.54) is 153 Å². The third kappa shape index (κ3) is 18.8. The highest BCUT2D eigenvalue weighted by molar-refractivity contribution is 8.00. The van der Waals surface area contributed by atoms with Crippen molar-refractivity contribution < 1.29 is 0 Å². The lowest BCUT2D eigenvalue weighted by Gasteiger charge is -2.14. The third-order valence-electron chi connectivity index (χ3n) is 7.10. The molecule has 0 amide bonds. The molecular formula is C33H60S2. The van der Waals surface area contributed by atoms with Crippen molar-refractivity contribution in [3.63, 3.8) is 0 Å². The highest BCUT2D eigenvalue weighted by atomic mass is 32.2. The fourth-order valence-corrected chi connectivity index (χ4v) is 7.18. The van der Waals surface area contributed by atoms with Crippen LogP contribution in [-0.4, -0.2) is 11.5 Å². The van der Waals surface area contributed by atoms with E-state index in [0.717, 1.165) is 0 Å². The van der Waals surface area contributed by atoms with Gasteiger partial charge in [0.15, 0.2) is 0 Å². The summed E-state index contributed by atoms with van der Waals surface area (Å²) < 4.78 is 0. The largest absolute Gasteiger partial charge is 0.126 e. The molecule has 204 valence electrons. The number of unbranched alkanes of at least 4 members (excludes halogenated alkanes) is 18. The molecule has 0 fully saturated rings. The van der Waals surface area contributed by atoms with Crippen LogP contribution in [0.4, 0.5) is 0 Å². The molecule has 0 unspecified atom stereocenters. The number of hydrogen-bond acceptors (Lipinski definition) is 2. The van der Waals surface area contributed by atoms with Crippen molar-refractivity contribution in [2.75, 3.05) is 11.5 Å². The first-order chi connectivity index (χ1) is 17.3. The number of benzene rings is 1. The van der Waals surface area contributed by atoms with E-state index in [1.807, 2.05) is 0 Å². The smallest absolute Gasteiger partial charge is 0.0115 e. The van der Waals surface area contributed by atoms with Crippen molar-refractivity contribution in [1.82, 2.24) is 0 Å². The molecule has 0 radical (unpaired) electrons. The molecule has 0 N–H and O–H groups in total. The second kappa shape index (κ2) is 25.6. The van der Waals surface area contributed by atoms with Crippen molar-refractivity contribution >= 4 is 23.5 Å². The first kappa shape index (κ1) is 32.9. The van der Waals surface area contributed by atoms with Gasteiger partial charge in [0.1, 0.15) is 0 Å². The predicted molar refractivity (Wildman–Crippen MR) is 166 cm³/mol. The van der Waals surface area contributed by atoms with Crippen LogP contribution in [0.1, 0.15) is 161 Å². The standard InChI is InChI=1S/C33H60S2/c1-4-7-9-11-13-15-17-19-21-23-29-34-32-27-25-28-33(31(32)26-6-3)35-30-24-22-20-18-16-14-12-10-8-5-2/h25,27-28H,4-24,26,29-30H2,1-3H3. The van der Waals surface area contributed by atoms with Gasteiger partial charge in [0.2, 0.25) is 0 Å². The Balaban J connectivity index is 2.18. The summed E-state index contributed by atoms with van der Waals surface area (Å²) in [5.74, 6) is 2.58. The number of rotatable bonds is 26. The molecule has 0 aromatic heterocycles. The summed E-state index contributed by atoms with van der Waals surface area (Å²) in [4.78, 5) is 3.13. The van der Waals surface area contributed by atoms with Crippen molar-refractivity contribution in [3.8, 4) is 0 Å². The lowest BCUT2D eigenvalue weighted by molar-refractivity contribution is 0.563. The first-order valence-electron chi connectivity index (χ1n) is 15.7. The van der Waals surface area contributed by atoms with E-state index in [1.54, 1.807) is 15.4 Å². The second-order valence-electron chi connectivity index (χ2n) is 10.5. The summed E-state index contributed by atoms with van der Waals surface area (Å²) in [5, 5.41) is 0. The molecule has 1 aromatic carbocycles. The minimum Gasteiger partial charge on any atom is -0.126 e. The van der Waals surface area contributed by atoms with Gasteiger partial charge < -0.3 is 0 Å². The molecule has 0 aliphatic heterocycles. The normalized spacial score (nSPS) is 11.4. The van der Waals surface area contributed by atoms with E-state index in [9.17, 15) is 0 Å². The molecule has 0 bridgehead atoms. The Morgan fingerprint density at radius 3 is 1.11 bits per heavy atom. The maximum atomic E-state index is 2.39. The highest BCUT2D eigenvalue weighted by Crippen LogP contribution is 2.33. The van der Waals surface area contributed by atoms with Crippen molar-refractivity contribution in [3.05, 3.63) is 23.8 Å². The molecule has 0 saturated carbocycles. The van der Waals surface area contributed by atoms with Crippen LogP contribution in [0.2, 0.25) is 0 Å². The van der Waals surface area contributed by atoms with Crippen LogP contribution in [0.25, 0.3) is 0 Å². The first-order valence-corrected chi connectivity index (χ1v) is 17.7. The molecular weight excluding hydrogens is 460 g/mol. The Bertz CT molecular complexity index is 524. The summed E-state index contributed by atoms with van der Waals surface area (Å²) in [5.41, 5.74) is 1.64. The molecule has 2 heteroatoms. The topological polar surface area (TPSA) is 0 Å². The lowest BCUT2D eigenvalue weighted by atomic mass is 10.1. The van der Waals surface area contributed by atoms with Gasteiger partial charge in [-0.15, -0.1) is 23.5 Å². The highest BCUT2D eigenvalue weighted by Gasteiger charge is 2.09. The van der Waals surface area contributed by atoms with Gasteiger partial charge in [-0.3, -0.25) is 0 Å². The Morgan fingerprint density at radius 1 is 0.429 bits per heavy atom. The van der Waals surface area contributed by atoms with Gasteiger partial charge in [-0.2, -0.15) is 0 Å². The van der Waals surface area contributed by atoms with Gasteiger partial charge in [-0.25, -0.2) is 0 Å². The van der Waals surface area contributed by atoms with Crippen LogP contribution >= 0.6 is 23.5 Å². The van der Waals surface area contributed by atoms with Crippen LogP contribution in [0.5, 0.6) is 0 Å². The van der Waals surface area contributed by atoms with Crippen molar-refractivity contribution in [2.45, 2.75) is 172 Å². The van der Waals surface area contributed by atoms with Gasteiger partial charge in [-0.1, -0.05) is 149 Å². The van der Waals surface area contributed by atoms with E-state index < -0.39 is 0 Å². The molecule has 0 heterocycles. The van der Waals surface area contributed by atoms with E-state index >= 15 is 0 Å². The molecule has 35 heavy (non-hydrogen) atoms. The van der Waals surface area contributed by atoms with Crippen molar-refractivity contribution in [2.24, 2.45) is 0 Å². The maximum Gasteiger partial charge on any atom is 0.0115 e. The van der Waals surface area contributed by atoms with Gasteiger partial charge in [0.05, 0.1) is 0 Å². The summed E-state index contributed by atoms with van der Waals surface area (Å²) in [6.07, 6.45) is 31.0. The van der Waals surface area contributed by atoms with Gasteiger partial charge >= 0.3 is 0 Å². The van der Waals surface area contributed by atoms with E-state index in [2.05, 4.69) is 62.5 Å². The van der Waals surface area contributed by atoms with Gasteiger partial charge in [-0.05, 0) is 48.5 Å². The Hall–Kier alpha value is -0.0800. The SMILES string of the molecule is CCCCCCCCCCCCSc1cccc(SCCCCCCCCCCCC)c1CCC. The average Bonchev–Trinajstić information content (AvgIpc) is 2.87. The van der Waals surface area contributed by atoms with Crippen LogP contribution in [0.15, 0.2) is 28.0 Å². The van der Waals surface area contributed by atoms with Gasteiger partial charge in [0.25, 0.3) is 0 Å². The summed E-state index contributed by atoms with van der Waals surface area (Å²) in [6, 6.07) is 7.08. The summed E-state index contributed by atoms with van der Waals surface area (Å²) >= 11 is 4.25. The average molecular weight is 521 g/mol. The Labute approximate surface area is 230 Å². The summed E-state index contributed by atoms with van der Waals surface area (Å²) in [7, 11) is 0. The maximum absolute atomic E-state index is 2.39. The Morgan fingerprint density at radius 2 is 0.771 bits per heavy atom. The quantitative estimate of drug-likeness (QED) is 0.0879. The minimum atomic E-state index is 1.24. The lowest BCUT2D eigenvalue weighted by Crippen LogP contribution is -1.94. The zero-order chi connectivity index (χ0) is 25.2. The number of hydrogen-bond donors (Lipinski definition) is 0. The third-order valence-corrected chi connectivity index (χ3v) is 9.47. The molecule has 0 aliphatic rings. The van der Waals surface area contributed by atoms with Gasteiger partial charge in [0, 0.05) is 9.79 Å². The van der Waals surface area contributed by atoms with Crippen LogP contribution in [0.3, 0.4) is 0 Å².